The van der Waals surface area contributed by atoms with Crippen molar-refractivity contribution in [1.82, 2.24) is 0 Å². The maximum Gasteiger partial charge on any atom is 0.184 e. The molecule has 1 aromatic rings. The van der Waals surface area contributed by atoms with Gasteiger partial charge >= 0.3 is 0 Å². The molecule has 2 rings (SSSR count). The highest BCUT2D eigenvalue weighted by Gasteiger charge is 2.26. The van der Waals surface area contributed by atoms with Crippen LogP contribution in [-0.2, 0) is 4.74 Å². The van der Waals surface area contributed by atoms with Gasteiger partial charge in [0.15, 0.2) is 11.6 Å². The van der Waals surface area contributed by atoms with Crippen LogP contribution in [0.4, 0.5) is 20.2 Å². The predicted molar refractivity (Wildman–Crippen MR) is 63.0 cm³/mol. The van der Waals surface area contributed by atoms with Crippen molar-refractivity contribution in [3.8, 4) is 0 Å². The highest BCUT2D eigenvalue weighted by Crippen LogP contribution is 2.30. The minimum absolute atomic E-state index is 0.0270. The molecule has 0 aliphatic carbocycles. The summed E-state index contributed by atoms with van der Waals surface area (Å²) < 4.78 is 32.5. The number of morpholine rings is 1. The zero-order valence-corrected chi connectivity index (χ0v) is 9.91. The Morgan fingerprint density at radius 3 is 2.41 bits per heavy atom. The van der Waals surface area contributed by atoms with E-state index < -0.39 is 11.6 Å². The number of nitrogens with two attached hydrogens (primary N) is 1. The van der Waals surface area contributed by atoms with Crippen molar-refractivity contribution in [3.05, 3.63) is 23.8 Å². The number of halogens is 2. The lowest BCUT2D eigenvalue weighted by Crippen LogP contribution is -2.46. The minimum Gasteiger partial charge on any atom is -0.397 e. The van der Waals surface area contributed by atoms with E-state index in [1.54, 1.807) is 4.90 Å². The number of nitrogens with zero attached hydrogens (tertiary/aromatic N) is 1. The molecule has 17 heavy (non-hydrogen) atoms. The van der Waals surface area contributed by atoms with Gasteiger partial charge in [0, 0.05) is 13.1 Å². The molecule has 1 aliphatic heterocycles. The number of nitrogen functional groups attached to an aromatic ring is 1. The van der Waals surface area contributed by atoms with Crippen LogP contribution >= 0.6 is 0 Å². The molecule has 0 aromatic heterocycles. The van der Waals surface area contributed by atoms with Crippen molar-refractivity contribution in [3.63, 3.8) is 0 Å². The summed E-state index contributed by atoms with van der Waals surface area (Å²) in [6, 6.07) is 2.43. The first-order chi connectivity index (χ1) is 7.99. The molecule has 2 unspecified atom stereocenters. The molecule has 3 nitrogen and oxygen atoms in total. The molecule has 94 valence electrons. The average Bonchev–Trinajstić information content (AvgIpc) is 2.23. The van der Waals surface area contributed by atoms with E-state index in [1.807, 2.05) is 13.8 Å². The van der Waals surface area contributed by atoms with Gasteiger partial charge in [0.25, 0.3) is 0 Å². The molecule has 2 atom stereocenters. The van der Waals surface area contributed by atoms with Gasteiger partial charge in [-0.2, -0.15) is 0 Å². The Labute approximate surface area is 99.2 Å². The fraction of sp³-hybridized carbons (Fsp3) is 0.500. The molecule has 1 heterocycles. The minimum atomic E-state index is -0.883. The van der Waals surface area contributed by atoms with Gasteiger partial charge in [0.1, 0.15) is 0 Å². The lowest BCUT2D eigenvalue weighted by atomic mass is 10.1. The van der Waals surface area contributed by atoms with Crippen LogP contribution in [-0.4, -0.2) is 25.3 Å². The summed E-state index contributed by atoms with van der Waals surface area (Å²) in [5.41, 5.74) is 6.12. The standard InChI is InChI=1S/C12H16F2N2O/c1-7-5-16(6-8(2)17-7)12-10(15)4-3-9(13)11(12)14/h3-4,7-8H,5-6,15H2,1-2H3. The summed E-state index contributed by atoms with van der Waals surface area (Å²) in [6.07, 6.45) is -0.0540. The second kappa shape index (κ2) is 4.49. The van der Waals surface area contributed by atoms with E-state index in [2.05, 4.69) is 0 Å². The second-order valence-corrected chi connectivity index (χ2v) is 4.46. The quantitative estimate of drug-likeness (QED) is 0.767. The molecule has 0 radical (unpaired) electrons. The van der Waals surface area contributed by atoms with Gasteiger partial charge in [-0.3, -0.25) is 0 Å². The molecule has 0 saturated carbocycles. The SMILES string of the molecule is CC1CN(c2c(N)ccc(F)c2F)CC(C)O1. The van der Waals surface area contributed by atoms with Crippen molar-refractivity contribution in [1.29, 1.82) is 0 Å². The van der Waals surface area contributed by atoms with Crippen LogP contribution in [0.15, 0.2) is 12.1 Å². The van der Waals surface area contributed by atoms with Gasteiger partial charge in [-0.1, -0.05) is 0 Å². The number of hydrogen-bond acceptors (Lipinski definition) is 3. The third-order valence-electron chi connectivity index (χ3n) is 2.84. The molecule has 1 saturated heterocycles. The maximum absolute atomic E-state index is 13.8. The summed E-state index contributed by atoms with van der Waals surface area (Å²) in [6.45, 7) is 4.82. The third-order valence-corrected chi connectivity index (χ3v) is 2.84. The van der Waals surface area contributed by atoms with Gasteiger partial charge < -0.3 is 15.4 Å². The highest BCUT2D eigenvalue weighted by atomic mass is 19.2. The Balaban J connectivity index is 2.36. The Hall–Kier alpha value is -1.36. The fourth-order valence-electron chi connectivity index (χ4n) is 2.24. The van der Waals surface area contributed by atoms with Gasteiger partial charge in [-0.25, -0.2) is 8.78 Å². The van der Waals surface area contributed by atoms with Crippen molar-refractivity contribution in [2.75, 3.05) is 23.7 Å². The van der Waals surface area contributed by atoms with E-state index >= 15 is 0 Å². The first-order valence-electron chi connectivity index (χ1n) is 5.63. The lowest BCUT2D eigenvalue weighted by molar-refractivity contribution is -0.00537. The first kappa shape index (κ1) is 12.1. The molecule has 5 heteroatoms. The van der Waals surface area contributed by atoms with Crippen LogP contribution in [0.1, 0.15) is 13.8 Å². The molecular weight excluding hydrogens is 226 g/mol. The van der Waals surface area contributed by atoms with Crippen molar-refractivity contribution in [2.45, 2.75) is 26.1 Å². The maximum atomic E-state index is 13.8. The van der Waals surface area contributed by atoms with Gasteiger partial charge in [0.2, 0.25) is 0 Å². The van der Waals surface area contributed by atoms with Crippen LogP contribution in [0.25, 0.3) is 0 Å². The van der Waals surface area contributed by atoms with E-state index in [4.69, 9.17) is 10.5 Å². The molecule has 1 aliphatic rings. The van der Waals surface area contributed by atoms with Gasteiger partial charge in [-0.05, 0) is 26.0 Å². The molecule has 1 aromatic carbocycles. The number of benzene rings is 1. The molecular formula is C12H16F2N2O. The highest BCUT2D eigenvalue weighted by molar-refractivity contribution is 5.68. The van der Waals surface area contributed by atoms with Crippen molar-refractivity contribution in [2.24, 2.45) is 0 Å². The largest absolute Gasteiger partial charge is 0.397 e. The number of anilines is 2. The fourth-order valence-corrected chi connectivity index (χ4v) is 2.24. The Morgan fingerprint density at radius 1 is 1.24 bits per heavy atom. The summed E-state index contributed by atoms with van der Waals surface area (Å²) in [4.78, 5) is 1.74. The van der Waals surface area contributed by atoms with Gasteiger partial charge in [-0.15, -0.1) is 0 Å². The van der Waals surface area contributed by atoms with E-state index in [0.29, 0.717) is 13.1 Å². The van der Waals surface area contributed by atoms with Crippen molar-refractivity contribution >= 4 is 11.4 Å². The molecule has 0 spiro atoms. The van der Waals surface area contributed by atoms with E-state index in [-0.39, 0.29) is 23.6 Å². The Kier molecular flexibility index (Phi) is 3.19. The lowest BCUT2D eigenvalue weighted by Gasteiger charge is -2.37. The van der Waals surface area contributed by atoms with E-state index in [1.165, 1.54) is 6.07 Å². The van der Waals surface area contributed by atoms with E-state index in [9.17, 15) is 8.78 Å². The summed E-state index contributed by atoms with van der Waals surface area (Å²) in [5.74, 6) is -1.76. The first-order valence-corrected chi connectivity index (χ1v) is 5.63. The van der Waals surface area contributed by atoms with Crippen LogP contribution in [0.3, 0.4) is 0 Å². The normalized spacial score (nSPS) is 25.1. The summed E-state index contributed by atoms with van der Waals surface area (Å²) >= 11 is 0. The summed E-state index contributed by atoms with van der Waals surface area (Å²) in [7, 11) is 0. The number of rotatable bonds is 1. The van der Waals surface area contributed by atoms with Gasteiger partial charge in [0.05, 0.1) is 23.6 Å². The average molecular weight is 242 g/mol. The zero-order chi connectivity index (χ0) is 12.6. The van der Waals surface area contributed by atoms with Crippen LogP contribution in [0.2, 0.25) is 0 Å². The van der Waals surface area contributed by atoms with E-state index in [0.717, 1.165) is 6.07 Å². The third kappa shape index (κ3) is 2.34. The van der Waals surface area contributed by atoms with Crippen LogP contribution in [0, 0.1) is 11.6 Å². The Morgan fingerprint density at radius 2 is 1.82 bits per heavy atom. The van der Waals surface area contributed by atoms with Crippen LogP contribution in [0.5, 0.6) is 0 Å². The predicted octanol–water partition coefficient (Wildman–Crippen LogP) is 2.16. The smallest absolute Gasteiger partial charge is 0.184 e. The monoisotopic (exact) mass is 242 g/mol. The van der Waals surface area contributed by atoms with Crippen LogP contribution < -0.4 is 10.6 Å². The Bertz CT molecular complexity index is 415. The summed E-state index contributed by atoms with van der Waals surface area (Å²) in [5, 5.41) is 0. The molecule has 0 amide bonds. The number of ether oxygens (including phenoxy) is 1. The number of hydrogen-bond donors (Lipinski definition) is 1. The molecule has 1 fully saturated rings. The second-order valence-electron chi connectivity index (χ2n) is 4.46. The molecule has 0 bridgehead atoms. The topological polar surface area (TPSA) is 38.5 Å². The van der Waals surface area contributed by atoms with Crippen molar-refractivity contribution < 1.29 is 13.5 Å². The zero-order valence-electron chi connectivity index (χ0n) is 9.91. The molecule has 2 N–H and O–H groups in total.